The van der Waals surface area contributed by atoms with E-state index in [-0.39, 0.29) is 0 Å². The van der Waals surface area contributed by atoms with Crippen LogP contribution < -0.4 is 0 Å². The van der Waals surface area contributed by atoms with E-state index in [1.165, 1.54) is 0 Å². The molecule has 11 heavy (non-hydrogen) atoms. The van der Waals surface area contributed by atoms with Crippen LogP contribution in [0, 0.1) is 0 Å². The molecule has 1 aliphatic rings. The third-order valence-electron chi connectivity index (χ3n) is 0.868. The van der Waals surface area contributed by atoms with Crippen LogP contribution in [0.25, 0.3) is 0 Å². The minimum Gasteiger partial charge on any atom is -0.289 e. The molecule has 0 spiro atoms. The molecule has 0 unspecified atom stereocenters. The van der Waals surface area contributed by atoms with Crippen molar-refractivity contribution in [2.75, 3.05) is 19.3 Å². The maximum Gasteiger partial charge on any atom is 0.0589 e. The third-order valence-corrected chi connectivity index (χ3v) is 0.868. The zero-order valence-corrected chi connectivity index (χ0v) is 8.73. The number of rotatable bonds is 0. The van der Waals surface area contributed by atoms with Crippen LogP contribution in [-0.2, 0) is 0 Å². The molecule has 0 bridgehead atoms. The van der Waals surface area contributed by atoms with E-state index in [1.54, 1.807) is 6.26 Å². The number of nitrogens with zero attached hydrogens (tertiary/aromatic N) is 2. The van der Waals surface area contributed by atoms with Gasteiger partial charge < -0.3 is 0 Å². The van der Waals surface area contributed by atoms with E-state index in [1.807, 2.05) is 27.0 Å². The van der Waals surface area contributed by atoms with Crippen molar-refractivity contribution in [2.45, 2.75) is 20.8 Å². The van der Waals surface area contributed by atoms with E-state index in [4.69, 9.17) is 0 Å². The Labute approximate surface area is 75.2 Å². The van der Waals surface area contributed by atoms with E-state index in [2.05, 4.69) is 22.6 Å². The first-order valence-corrected chi connectivity index (χ1v) is 4.74. The monoisotopic (exact) mass is 174 g/mol. The summed E-state index contributed by atoms with van der Waals surface area (Å²) in [5.74, 6) is 0. The fourth-order valence-electron chi connectivity index (χ4n) is 0.522. The molecule has 0 saturated heterocycles. The Hall–Kier alpha value is -0.310. The second kappa shape index (κ2) is 12.4. The van der Waals surface area contributed by atoms with Gasteiger partial charge in [-0.15, -0.1) is 0 Å². The minimum atomic E-state index is 0.872. The van der Waals surface area contributed by atoms with Crippen molar-refractivity contribution in [3.63, 3.8) is 0 Å². The van der Waals surface area contributed by atoms with E-state index >= 15 is 0 Å². The van der Waals surface area contributed by atoms with Gasteiger partial charge in [-0.05, 0) is 13.2 Å². The second-order valence-corrected chi connectivity index (χ2v) is 1.56. The molecule has 1 rings (SSSR count). The molecule has 0 aromatic heterocycles. The lowest BCUT2D eigenvalue weighted by Crippen LogP contribution is -2.03. The van der Waals surface area contributed by atoms with Gasteiger partial charge in [0.05, 0.1) is 13.1 Å². The van der Waals surface area contributed by atoms with Crippen molar-refractivity contribution in [1.29, 1.82) is 0 Å². The van der Waals surface area contributed by atoms with Crippen molar-refractivity contribution in [2.24, 2.45) is 9.98 Å². The Kier molecular flexibility index (Phi) is 15.0. The Bertz CT molecular complexity index is 119. The quantitative estimate of drug-likeness (QED) is 0.544. The van der Waals surface area contributed by atoms with Crippen molar-refractivity contribution in [3.05, 3.63) is 0 Å². The standard InChI is InChI=1S/C5H8N2.C2H6.CH4S/c1-5-4-6-2-3-7-5;2*1-2/h4H,2-3H2,1H3;1-2H3;2H,1H3. The smallest absolute Gasteiger partial charge is 0.0589 e. The van der Waals surface area contributed by atoms with Crippen LogP contribution in [0.2, 0.25) is 0 Å². The van der Waals surface area contributed by atoms with E-state index in [0.29, 0.717) is 0 Å². The van der Waals surface area contributed by atoms with Crippen LogP contribution in [-0.4, -0.2) is 31.3 Å². The zero-order chi connectivity index (χ0) is 9.11. The van der Waals surface area contributed by atoms with Gasteiger partial charge in [0.15, 0.2) is 0 Å². The molecular formula is C8H18N2S. The number of aliphatic imine (C=N–C) groups is 2. The van der Waals surface area contributed by atoms with Gasteiger partial charge in [0, 0.05) is 11.9 Å². The molecule has 0 radical (unpaired) electrons. The third kappa shape index (κ3) is 9.69. The summed E-state index contributed by atoms with van der Waals surface area (Å²) in [6.45, 7) is 7.71. The lowest BCUT2D eigenvalue weighted by atomic mass is 10.4. The molecule has 2 nitrogen and oxygen atoms in total. The summed E-state index contributed by atoms with van der Waals surface area (Å²) < 4.78 is 0. The predicted molar refractivity (Wildman–Crippen MR) is 57.6 cm³/mol. The fraction of sp³-hybridized carbons (Fsp3) is 0.750. The van der Waals surface area contributed by atoms with Gasteiger partial charge in [0.2, 0.25) is 0 Å². The summed E-state index contributed by atoms with van der Waals surface area (Å²) in [6, 6.07) is 0. The predicted octanol–water partition coefficient (Wildman–Crippen LogP) is 2.10. The number of hydrogen-bond acceptors (Lipinski definition) is 3. The lowest BCUT2D eigenvalue weighted by Gasteiger charge is -1.96. The molecule has 0 N–H and O–H groups in total. The lowest BCUT2D eigenvalue weighted by molar-refractivity contribution is 0.969. The fourth-order valence-corrected chi connectivity index (χ4v) is 0.522. The summed E-state index contributed by atoms with van der Waals surface area (Å²) in [5.41, 5.74) is 1.05. The molecule has 0 atom stereocenters. The van der Waals surface area contributed by atoms with Gasteiger partial charge in [0.1, 0.15) is 0 Å². The highest BCUT2D eigenvalue weighted by Crippen LogP contribution is 1.82. The molecule has 3 heteroatoms. The first kappa shape index (κ1) is 13.3. The van der Waals surface area contributed by atoms with Gasteiger partial charge in [-0.1, -0.05) is 13.8 Å². The number of thiol groups is 1. The second-order valence-electron chi connectivity index (χ2n) is 1.56. The summed E-state index contributed by atoms with van der Waals surface area (Å²) in [6.07, 6.45) is 3.50. The average Bonchev–Trinajstić information content (AvgIpc) is 2.13. The molecule has 1 heterocycles. The topological polar surface area (TPSA) is 24.7 Å². The van der Waals surface area contributed by atoms with E-state index in [0.717, 1.165) is 18.8 Å². The van der Waals surface area contributed by atoms with Crippen LogP contribution in [0.5, 0.6) is 0 Å². The zero-order valence-electron chi connectivity index (χ0n) is 7.83. The van der Waals surface area contributed by atoms with Crippen LogP contribution in [0.1, 0.15) is 20.8 Å². The van der Waals surface area contributed by atoms with Crippen molar-refractivity contribution in [1.82, 2.24) is 0 Å². The summed E-state index contributed by atoms with van der Waals surface area (Å²) in [7, 11) is 0. The van der Waals surface area contributed by atoms with Crippen molar-refractivity contribution < 1.29 is 0 Å². The van der Waals surface area contributed by atoms with Crippen LogP contribution in [0.3, 0.4) is 0 Å². The highest BCUT2D eigenvalue weighted by molar-refractivity contribution is 7.79. The highest BCUT2D eigenvalue weighted by Gasteiger charge is 1.88. The maximum absolute atomic E-state index is 4.10. The van der Waals surface area contributed by atoms with E-state index < -0.39 is 0 Å². The summed E-state index contributed by atoms with van der Waals surface area (Å²) in [5, 5.41) is 0. The Morgan fingerprint density at radius 2 is 1.82 bits per heavy atom. The number of hydrogen-bond donors (Lipinski definition) is 1. The molecule has 0 aromatic carbocycles. The van der Waals surface area contributed by atoms with Gasteiger partial charge in [-0.2, -0.15) is 12.6 Å². The summed E-state index contributed by atoms with van der Waals surface area (Å²) >= 11 is 3.53. The molecular weight excluding hydrogens is 156 g/mol. The first-order chi connectivity index (χ1) is 5.39. The molecule has 0 aromatic rings. The molecule has 66 valence electrons. The average molecular weight is 174 g/mol. The highest BCUT2D eigenvalue weighted by atomic mass is 32.1. The summed E-state index contributed by atoms with van der Waals surface area (Å²) in [4.78, 5) is 8.10. The van der Waals surface area contributed by atoms with Crippen LogP contribution in [0.4, 0.5) is 0 Å². The SMILES string of the molecule is CC.CC1=NCCN=C1.CS. The maximum atomic E-state index is 4.10. The van der Waals surface area contributed by atoms with E-state index in [9.17, 15) is 0 Å². The van der Waals surface area contributed by atoms with Crippen molar-refractivity contribution in [3.8, 4) is 0 Å². The molecule has 0 fully saturated rings. The molecule has 1 aliphatic heterocycles. The van der Waals surface area contributed by atoms with Crippen molar-refractivity contribution >= 4 is 24.6 Å². The first-order valence-electron chi connectivity index (χ1n) is 3.85. The molecule has 0 aliphatic carbocycles. The van der Waals surface area contributed by atoms with Gasteiger partial charge in [-0.25, -0.2) is 0 Å². The molecule has 0 amide bonds. The normalized spacial score (nSPS) is 13.4. The van der Waals surface area contributed by atoms with Crippen LogP contribution >= 0.6 is 12.6 Å². The minimum absolute atomic E-state index is 0.872. The Balaban J connectivity index is 0. The Morgan fingerprint density at radius 3 is 2.00 bits per heavy atom. The van der Waals surface area contributed by atoms with Gasteiger partial charge >= 0.3 is 0 Å². The Morgan fingerprint density at radius 1 is 1.27 bits per heavy atom. The largest absolute Gasteiger partial charge is 0.289 e. The molecule has 0 saturated carbocycles. The van der Waals surface area contributed by atoms with Gasteiger partial charge in [0.25, 0.3) is 0 Å². The van der Waals surface area contributed by atoms with Crippen LogP contribution in [0.15, 0.2) is 9.98 Å². The van der Waals surface area contributed by atoms with Gasteiger partial charge in [-0.3, -0.25) is 9.98 Å².